The number of rotatable bonds is 4. The molecule has 0 aliphatic carbocycles. The molecule has 2 aromatic rings. The van der Waals surface area contributed by atoms with Crippen LogP contribution < -0.4 is 5.32 Å². The topological polar surface area (TPSA) is 24.9 Å². The quantitative estimate of drug-likeness (QED) is 0.748. The normalized spacial score (nSPS) is 11.7. The molecule has 0 amide bonds. The third-order valence-corrected chi connectivity index (χ3v) is 5.18. The maximum absolute atomic E-state index is 6.15. The van der Waals surface area contributed by atoms with E-state index < -0.39 is 0 Å². The number of hydrogen-bond donors (Lipinski definition) is 1. The monoisotopic (exact) mass is 384 g/mol. The standard InChI is InChI=1S/C16H18BrClN2S/c1-16(2,3)20-10-11-6-7-14(12(17)9-11)21-15-13(18)5-4-8-19-15/h4-9,20H,10H2,1-3H3. The highest BCUT2D eigenvalue weighted by Crippen LogP contribution is 2.36. The van der Waals surface area contributed by atoms with Crippen LogP contribution in [0.5, 0.6) is 0 Å². The van der Waals surface area contributed by atoms with Gasteiger partial charge in [-0.25, -0.2) is 4.98 Å². The van der Waals surface area contributed by atoms with E-state index in [0.717, 1.165) is 20.9 Å². The molecule has 2 rings (SSSR count). The minimum absolute atomic E-state index is 0.112. The summed E-state index contributed by atoms with van der Waals surface area (Å²) < 4.78 is 1.06. The maximum Gasteiger partial charge on any atom is 0.119 e. The van der Waals surface area contributed by atoms with Crippen LogP contribution in [0.15, 0.2) is 50.9 Å². The van der Waals surface area contributed by atoms with Crippen molar-refractivity contribution in [3.05, 3.63) is 51.6 Å². The Morgan fingerprint density at radius 3 is 2.67 bits per heavy atom. The van der Waals surface area contributed by atoms with Crippen LogP contribution >= 0.6 is 39.3 Å². The molecule has 0 radical (unpaired) electrons. The highest BCUT2D eigenvalue weighted by atomic mass is 79.9. The van der Waals surface area contributed by atoms with Crippen LogP contribution in [0.1, 0.15) is 26.3 Å². The molecule has 5 heteroatoms. The zero-order valence-corrected chi connectivity index (χ0v) is 15.4. The van der Waals surface area contributed by atoms with E-state index in [2.05, 4.69) is 65.2 Å². The average Bonchev–Trinajstić information content (AvgIpc) is 2.41. The van der Waals surface area contributed by atoms with Crippen LogP contribution in [0, 0.1) is 0 Å². The molecule has 1 N–H and O–H groups in total. The van der Waals surface area contributed by atoms with Gasteiger partial charge in [-0.1, -0.05) is 29.4 Å². The molecule has 21 heavy (non-hydrogen) atoms. The highest BCUT2D eigenvalue weighted by molar-refractivity contribution is 9.10. The van der Waals surface area contributed by atoms with E-state index in [9.17, 15) is 0 Å². The molecule has 1 aromatic carbocycles. The summed E-state index contributed by atoms with van der Waals surface area (Å²) in [4.78, 5) is 5.41. The van der Waals surface area contributed by atoms with Crippen LogP contribution in [0.2, 0.25) is 5.02 Å². The summed E-state index contributed by atoms with van der Waals surface area (Å²) in [6.45, 7) is 7.33. The van der Waals surface area contributed by atoms with E-state index >= 15 is 0 Å². The Hall–Kier alpha value is -0.550. The lowest BCUT2D eigenvalue weighted by molar-refractivity contribution is 0.424. The highest BCUT2D eigenvalue weighted by Gasteiger charge is 2.10. The lowest BCUT2D eigenvalue weighted by Crippen LogP contribution is -2.35. The first-order chi connectivity index (χ1) is 9.85. The van der Waals surface area contributed by atoms with Gasteiger partial charge in [-0.2, -0.15) is 0 Å². The molecular weight excluding hydrogens is 368 g/mol. The van der Waals surface area contributed by atoms with Crippen molar-refractivity contribution in [1.29, 1.82) is 0 Å². The van der Waals surface area contributed by atoms with Gasteiger partial charge in [0.1, 0.15) is 5.03 Å². The summed E-state index contributed by atoms with van der Waals surface area (Å²) >= 11 is 11.3. The minimum Gasteiger partial charge on any atom is -0.308 e. The summed E-state index contributed by atoms with van der Waals surface area (Å²) in [6.07, 6.45) is 1.75. The number of benzene rings is 1. The molecule has 2 nitrogen and oxygen atoms in total. The second kappa shape index (κ2) is 7.14. The van der Waals surface area contributed by atoms with E-state index in [1.807, 2.05) is 12.1 Å². The van der Waals surface area contributed by atoms with Gasteiger partial charge >= 0.3 is 0 Å². The largest absolute Gasteiger partial charge is 0.308 e. The Kier molecular flexibility index (Phi) is 5.72. The molecule has 0 unspecified atom stereocenters. The summed E-state index contributed by atoms with van der Waals surface area (Å²) in [7, 11) is 0. The van der Waals surface area contributed by atoms with Gasteiger partial charge < -0.3 is 5.32 Å². The van der Waals surface area contributed by atoms with Crippen molar-refractivity contribution in [2.24, 2.45) is 0 Å². The van der Waals surface area contributed by atoms with E-state index in [0.29, 0.717) is 5.02 Å². The lowest BCUT2D eigenvalue weighted by atomic mass is 10.1. The van der Waals surface area contributed by atoms with E-state index in [4.69, 9.17) is 11.6 Å². The second-order valence-electron chi connectivity index (χ2n) is 5.76. The van der Waals surface area contributed by atoms with Crippen molar-refractivity contribution in [3.8, 4) is 0 Å². The van der Waals surface area contributed by atoms with E-state index in [1.165, 1.54) is 5.56 Å². The van der Waals surface area contributed by atoms with Crippen molar-refractivity contribution in [1.82, 2.24) is 10.3 Å². The van der Waals surface area contributed by atoms with Crippen molar-refractivity contribution in [3.63, 3.8) is 0 Å². The Morgan fingerprint density at radius 2 is 2.05 bits per heavy atom. The van der Waals surface area contributed by atoms with Crippen LogP contribution in [0.4, 0.5) is 0 Å². The summed E-state index contributed by atoms with van der Waals surface area (Å²) in [5.74, 6) is 0. The number of nitrogens with one attached hydrogen (secondary N) is 1. The van der Waals surface area contributed by atoms with Crippen molar-refractivity contribution in [2.75, 3.05) is 0 Å². The van der Waals surface area contributed by atoms with Gasteiger partial charge in [0.25, 0.3) is 0 Å². The predicted molar refractivity (Wildman–Crippen MR) is 94.1 cm³/mol. The van der Waals surface area contributed by atoms with Gasteiger partial charge in [-0.3, -0.25) is 0 Å². The fourth-order valence-electron chi connectivity index (χ4n) is 1.65. The molecule has 0 aliphatic rings. The van der Waals surface area contributed by atoms with Gasteiger partial charge in [0.15, 0.2) is 0 Å². The number of nitrogens with zero attached hydrogens (tertiary/aromatic N) is 1. The summed E-state index contributed by atoms with van der Waals surface area (Å²) in [6, 6.07) is 10.1. The molecule has 0 saturated carbocycles. The molecule has 112 valence electrons. The SMILES string of the molecule is CC(C)(C)NCc1ccc(Sc2ncccc2Cl)c(Br)c1. The zero-order chi connectivity index (χ0) is 15.5. The van der Waals surface area contributed by atoms with Crippen molar-refractivity contribution in [2.45, 2.75) is 42.8 Å². The zero-order valence-electron chi connectivity index (χ0n) is 12.3. The Balaban J connectivity index is 2.11. The van der Waals surface area contributed by atoms with Crippen molar-refractivity contribution < 1.29 is 0 Å². The van der Waals surface area contributed by atoms with Gasteiger partial charge in [-0.05, 0) is 66.5 Å². The predicted octanol–water partition coefficient (Wildman–Crippen LogP) is 5.54. The molecule has 0 atom stereocenters. The third-order valence-electron chi connectivity index (χ3n) is 2.75. The molecule has 1 heterocycles. The van der Waals surface area contributed by atoms with Gasteiger partial charge in [0.05, 0.1) is 5.02 Å². The lowest BCUT2D eigenvalue weighted by Gasteiger charge is -2.20. The fourth-order valence-corrected chi connectivity index (χ4v) is 3.34. The van der Waals surface area contributed by atoms with Gasteiger partial charge in [-0.15, -0.1) is 0 Å². The molecule has 0 bridgehead atoms. The first kappa shape index (κ1) is 16.8. The summed E-state index contributed by atoms with van der Waals surface area (Å²) in [5.41, 5.74) is 1.36. The number of pyridine rings is 1. The van der Waals surface area contributed by atoms with Gasteiger partial charge in [0, 0.05) is 27.6 Å². The fraction of sp³-hybridized carbons (Fsp3) is 0.312. The summed E-state index contributed by atoms with van der Waals surface area (Å²) in [5, 5.41) is 4.98. The molecule has 0 spiro atoms. The Morgan fingerprint density at radius 1 is 1.29 bits per heavy atom. The maximum atomic E-state index is 6.15. The Bertz CT molecular complexity index is 626. The van der Waals surface area contributed by atoms with Crippen LogP contribution in [0.25, 0.3) is 0 Å². The minimum atomic E-state index is 0.112. The number of hydrogen-bond acceptors (Lipinski definition) is 3. The molecule has 0 saturated heterocycles. The molecular formula is C16H18BrClN2S. The second-order valence-corrected chi connectivity index (χ2v) is 8.05. The molecule has 1 aromatic heterocycles. The van der Waals surface area contributed by atoms with Crippen LogP contribution in [-0.2, 0) is 6.54 Å². The van der Waals surface area contributed by atoms with E-state index in [-0.39, 0.29) is 5.54 Å². The third kappa shape index (κ3) is 5.29. The van der Waals surface area contributed by atoms with Crippen LogP contribution in [0.3, 0.4) is 0 Å². The molecule has 0 aliphatic heterocycles. The molecule has 0 fully saturated rings. The smallest absolute Gasteiger partial charge is 0.119 e. The first-order valence-corrected chi connectivity index (χ1v) is 8.66. The van der Waals surface area contributed by atoms with Crippen LogP contribution in [-0.4, -0.2) is 10.5 Å². The Labute approximate surface area is 143 Å². The van der Waals surface area contributed by atoms with Gasteiger partial charge in [0.2, 0.25) is 0 Å². The van der Waals surface area contributed by atoms with Crippen molar-refractivity contribution >= 4 is 39.3 Å². The van der Waals surface area contributed by atoms with E-state index in [1.54, 1.807) is 18.0 Å². The first-order valence-electron chi connectivity index (χ1n) is 6.67. The average molecular weight is 386 g/mol. The number of aromatic nitrogens is 1. The number of halogens is 2.